The first-order valence-corrected chi connectivity index (χ1v) is 8.37. The summed E-state index contributed by atoms with van der Waals surface area (Å²) < 4.78 is 21.4. The van der Waals surface area contributed by atoms with Gasteiger partial charge in [-0.05, 0) is 25.1 Å². The van der Waals surface area contributed by atoms with Crippen LogP contribution in [-0.4, -0.2) is 33.3 Å². The van der Waals surface area contributed by atoms with Crippen molar-refractivity contribution in [2.75, 3.05) is 26.6 Å². The first kappa shape index (κ1) is 20.0. The van der Waals surface area contributed by atoms with Crippen LogP contribution in [-0.2, 0) is 4.79 Å². The predicted molar refractivity (Wildman–Crippen MR) is 101 cm³/mol. The first-order valence-electron chi connectivity index (χ1n) is 7.62. The monoisotopic (exact) mass is 399 g/mol. The third kappa shape index (κ3) is 4.65. The van der Waals surface area contributed by atoms with Crippen molar-refractivity contribution >= 4 is 34.8 Å². The van der Waals surface area contributed by atoms with E-state index in [1.165, 1.54) is 21.3 Å². The van der Waals surface area contributed by atoms with Gasteiger partial charge >= 0.3 is 0 Å². The van der Waals surface area contributed by atoms with Crippen LogP contribution >= 0.6 is 23.2 Å². The van der Waals surface area contributed by atoms with Gasteiger partial charge in [-0.2, -0.15) is 0 Å². The number of hydrogen-bond donors (Lipinski definition) is 1. The van der Waals surface area contributed by atoms with Gasteiger partial charge in [-0.15, -0.1) is 0 Å². The Morgan fingerprint density at radius 2 is 1.58 bits per heavy atom. The van der Waals surface area contributed by atoms with Crippen LogP contribution < -0.4 is 24.3 Å². The highest BCUT2D eigenvalue weighted by Crippen LogP contribution is 2.40. The number of methoxy groups -OCH3 is 3. The minimum absolute atomic E-state index is 0.324. The van der Waals surface area contributed by atoms with E-state index in [1.807, 2.05) is 0 Å². The molecular weight excluding hydrogens is 381 g/mol. The Hall–Kier alpha value is -2.31. The molecule has 0 saturated heterocycles. The summed E-state index contributed by atoms with van der Waals surface area (Å²) in [4.78, 5) is 12.4. The summed E-state index contributed by atoms with van der Waals surface area (Å²) in [6, 6.07) is 8.03. The van der Waals surface area contributed by atoms with Gasteiger partial charge < -0.3 is 24.3 Å². The van der Waals surface area contributed by atoms with Crippen molar-refractivity contribution < 1.29 is 23.7 Å². The number of rotatable bonds is 7. The third-order valence-corrected chi connectivity index (χ3v) is 4.03. The number of carbonyl (C=O) groups excluding carboxylic acids is 1. The maximum absolute atomic E-state index is 12.4. The van der Waals surface area contributed by atoms with E-state index in [9.17, 15) is 4.79 Å². The SMILES string of the molecule is COc1cc(NC(=O)[C@@H](C)Oc2ccc(Cl)cc2Cl)cc(OC)c1OC. The van der Waals surface area contributed by atoms with Crippen molar-refractivity contribution in [1.29, 1.82) is 0 Å². The van der Waals surface area contributed by atoms with Gasteiger partial charge in [0.25, 0.3) is 5.91 Å². The van der Waals surface area contributed by atoms with Crippen LogP contribution in [0.15, 0.2) is 30.3 Å². The third-order valence-electron chi connectivity index (χ3n) is 3.50. The molecule has 0 radical (unpaired) electrons. The fourth-order valence-electron chi connectivity index (χ4n) is 2.21. The van der Waals surface area contributed by atoms with E-state index in [-0.39, 0.29) is 5.91 Å². The van der Waals surface area contributed by atoms with Crippen molar-refractivity contribution in [2.45, 2.75) is 13.0 Å². The van der Waals surface area contributed by atoms with Crippen molar-refractivity contribution in [3.05, 3.63) is 40.4 Å². The molecule has 1 N–H and O–H groups in total. The molecule has 1 amide bonds. The molecule has 2 aromatic carbocycles. The molecule has 0 unspecified atom stereocenters. The molecule has 6 nitrogen and oxygen atoms in total. The van der Waals surface area contributed by atoms with Crippen molar-refractivity contribution in [1.82, 2.24) is 0 Å². The molecule has 0 aromatic heterocycles. The Bertz CT molecular complexity index is 772. The molecule has 0 aliphatic heterocycles. The van der Waals surface area contributed by atoms with Crippen LogP contribution in [0.2, 0.25) is 10.0 Å². The van der Waals surface area contributed by atoms with Crippen LogP contribution in [0.3, 0.4) is 0 Å². The molecule has 8 heteroatoms. The highest BCUT2D eigenvalue weighted by atomic mass is 35.5. The maximum atomic E-state index is 12.4. The number of amides is 1. The second kappa shape index (κ2) is 8.87. The topological polar surface area (TPSA) is 66.0 Å². The molecule has 0 spiro atoms. The van der Waals surface area contributed by atoms with Gasteiger partial charge in [0.2, 0.25) is 5.75 Å². The molecule has 2 aromatic rings. The molecule has 0 bridgehead atoms. The molecule has 26 heavy (non-hydrogen) atoms. The number of benzene rings is 2. The van der Waals surface area contributed by atoms with Gasteiger partial charge in [0.1, 0.15) is 5.75 Å². The Morgan fingerprint density at radius 1 is 0.962 bits per heavy atom. The summed E-state index contributed by atoms with van der Waals surface area (Å²) in [7, 11) is 4.50. The highest BCUT2D eigenvalue weighted by molar-refractivity contribution is 6.35. The summed E-state index contributed by atoms with van der Waals surface area (Å²) in [5.41, 5.74) is 0.474. The minimum Gasteiger partial charge on any atom is -0.493 e. The molecule has 0 aliphatic carbocycles. The highest BCUT2D eigenvalue weighted by Gasteiger charge is 2.19. The normalized spacial score (nSPS) is 11.5. The molecular formula is C18H19Cl2NO5. The van der Waals surface area contributed by atoms with Crippen molar-refractivity contribution in [3.8, 4) is 23.0 Å². The summed E-state index contributed by atoms with van der Waals surface area (Å²) in [6.45, 7) is 1.61. The molecule has 2 rings (SSSR count). The molecule has 1 atom stereocenters. The number of hydrogen-bond acceptors (Lipinski definition) is 5. The van der Waals surface area contributed by atoms with E-state index < -0.39 is 6.10 Å². The van der Waals surface area contributed by atoms with E-state index in [2.05, 4.69) is 5.32 Å². The fourth-order valence-corrected chi connectivity index (χ4v) is 2.66. The first-order chi connectivity index (χ1) is 12.4. The number of carbonyl (C=O) groups is 1. The Kier molecular flexibility index (Phi) is 6.83. The zero-order valence-electron chi connectivity index (χ0n) is 14.8. The number of ether oxygens (including phenoxy) is 4. The Morgan fingerprint density at radius 3 is 2.08 bits per heavy atom. The lowest BCUT2D eigenvalue weighted by Crippen LogP contribution is -2.30. The minimum atomic E-state index is -0.798. The molecule has 0 fully saturated rings. The standard InChI is InChI=1S/C18H19Cl2NO5/c1-10(26-14-6-5-11(19)7-13(14)20)18(22)21-12-8-15(23-2)17(25-4)16(9-12)24-3/h5-10H,1-4H3,(H,21,22)/t10-/m1/s1. The van der Waals surface area contributed by atoms with Gasteiger partial charge in [0.15, 0.2) is 17.6 Å². The van der Waals surface area contributed by atoms with Crippen LogP contribution in [0.5, 0.6) is 23.0 Å². The smallest absolute Gasteiger partial charge is 0.265 e. The van der Waals surface area contributed by atoms with E-state index >= 15 is 0 Å². The molecule has 0 aliphatic rings. The van der Waals surface area contributed by atoms with Crippen LogP contribution in [0.1, 0.15) is 6.92 Å². The lowest BCUT2D eigenvalue weighted by Gasteiger charge is -2.18. The zero-order chi connectivity index (χ0) is 19.3. The lowest BCUT2D eigenvalue weighted by atomic mass is 10.2. The second-order valence-electron chi connectivity index (χ2n) is 5.24. The summed E-state index contributed by atoms with van der Waals surface area (Å²) in [5.74, 6) is 1.28. The largest absolute Gasteiger partial charge is 0.493 e. The van der Waals surface area contributed by atoms with E-state index in [1.54, 1.807) is 37.3 Å². The molecule has 0 saturated carbocycles. The van der Waals surface area contributed by atoms with Crippen molar-refractivity contribution in [3.63, 3.8) is 0 Å². The van der Waals surface area contributed by atoms with E-state index in [0.717, 1.165) is 0 Å². The maximum Gasteiger partial charge on any atom is 0.265 e. The summed E-state index contributed by atoms with van der Waals surface area (Å²) in [6.07, 6.45) is -0.798. The molecule has 140 valence electrons. The molecule has 0 heterocycles. The number of nitrogens with one attached hydrogen (secondary N) is 1. The summed E-state index contributed by atoms with van der Waals surface area (Å²) >= 11 is 11.9. The average molecular weight is 400 g/mol. The van der Waals surface area contributed by atoms with Gasteiger partial charge in [0, 0.05) is 22.8 Å². The van der Waals surface area contributed by atoms with Gasteiger partial charge in [0.05, 0.1) is 26.4 Å². The van der Waals surface area contributed by atoms with E-state index in [4.69, 9.17) is 42.1 Å². The van der Waals surface area contributed by atoms with Crippen molar-refractivity contribution in [2.24, 2.45) is 0 Å². The quantitative estimate of drug-likeness (QED) is 0.745. The van der Waals surface area contributed by atoms with Gasteiger partial charge in [-0.3, -0.25) is 4.79 Å². The second-order valence-corrected chi connectivity index (χ2v) is 6.08. The predicted octanol–water partition coefficient (Wildman–Crippen LogP) is 4.43. The van der Waals surface area contributed by atoms with Crippen LogP contribution in [0, 0.1) is 0 Å². The van der Waals surface area contributed by atoms with Crippen LogP contribution in [0.4, 0.5) is 5.69 Å². The average Bonchev–Trinajstić information content (AvgIpc) is 2.62. The fraction of sp³-hybridized carbons (Fsp3) is 0.278. The number of halogens is 2. The Labute approximate surface area is 161 Å². The summed E-state index contributed by atoms with van der Waals surface area (Å²) in [5, 5.41) is 3.55. The zero-order valence-corrected chi connectivity index (χ0v) is 16.3. The van der Waals surface area contributed by atoms with Crippen LogP contribution in [0.25, 0.3) is 0 Å². The van der Waals surface area contributed by atoms with Gasteiger partial charge in [-0.25, -0.2) is 0 Å². The Balaban J connectivity index is 2.15. The number of anilines is 1. The van der Waals surface area contributed by atoms with Gasteiger partial charge in [-0.1, -0.05) is 23.2 Å². The lowest BCUT2D eigenvalue weighted by molar-refractivity contribution is -0.122. The van der Waals surface area contributed by atoms with E-state index in [0.29, 0.717) is 38.7 Å².